The lowest BCUT2D eigenvalue weighted by Crippen LogP contribution is -2.22. The van der Waals surface area contributed by atoms with Crippen molar-refractivity contribution in [3.63, 3.8) is 0 Å². The number of benzene rings is 1. The maximum absolute atomic E-state index is 12.3. The van der Waals surface area contributed by atoms with Gasteiger partial charge in [-0.15, -0.1) is 0 Å². The highest BCUT2D eigenvalue weighted by Crippen LogP contribution is 2.28. The van der Waals surface area contributed by atoms with Crippen molar-refractivity contribution in [2.75, 3.05) is 11.1 Å². The molecule has 0 radical (unpaired) electrons. The molecule has 1 heterocycles. The number of pyridine rings is 1. The van der Waals surface area contributed by atoms with Crippen molar-refractivity contribution < 1.29 is 4.79 Å². The molecule has 0 bridgehead atoms. The average Bonchev–Trinajstić information content (AvgIpc) is 2.55. The van der Waals surface area contributed by atoms with E-state index in [0.717, 1.165) is 16.2 Å². The van der Waals surface area contributed by atoms with Gasteiger partial charge < -0.3 is 11.1 Å². The number of carbonyl (C=O) groups excluding carboxylic acids is 1. The second kappa shape index (κ2) is 7.82. The molecule has 1 amide bonds. The van der Waals surface area contributed by atoms with Crippen LogP contribution < -0.4 is 11.1 Å². The normalized spacial score (nSPS) is 11.2. The molecule has 0 spiro atoms. The highest BCUT2D eigenvalue weighted by molar-refractivity contribution is 9.10. The number of hydrogen-bond acceptors (Lipinski definition) is 6. The smallest absolute Gasteiger partial charge is 0.237 e. The van der Waals surface area contributed by atoms with Crippen LogP contribution in [0.25, 0.3) is 0 Å². The van der Waals surface area contributed by atoms with E-state index in [1.165, 1.54) is 6.07 Å². The Kier molecular flexibility index (Phi) is 5.80. The van der Waals surface area contributed by atoms with E-state index in [0.29, 0.717) is 10.7 Å². The molecule has 0 aliphatic heterocycles. The zero-order valence-electron chi connectivity index (χ0n) is 12.6. The number of nitrogens with two attached hydrogens (primary N) is 1. The van der Waals surface area contributed by atoms with Crippen molar-refractivity contribution in [3.05, 3.63) is 45.9 Å². The van der Waals surface area contributed by atoms with Gasteiger partial charge >= 0.3 is 0 Å². The van der Waals surface area contributed by atoms with Crippen molar-refractivity contribution >= 4 is 45.1 Å². The molecule has 1 aromatic carbocycles. The first-order valence-corrected chi connectivity index (χ1v) is 8.45. The molecule has 2 aromatic rings. The molecule has 1 atom stereocenters. The van der Waals surface area contributed by atoms with Gasteiger partial charge in [0.05, 0.1) is 16.4 Å². The van der Waals surface area contributed by atoms with Crippen molar-refractivity contribution in [2.45, 2.75) is 17.2 Å². The highest BCUT2D eigenvalue weighted by Gasteiger charge is 2.19. The van der Waals surface area contributed by atoms with Gasteiger partial charge in [0.15, 0.2) is 0 Å². The van der Waals surface area contributed by atoms with Crippen LogP contribution in [0, 0.1) is 22.7 Å². The molecular formula is C16H12BrN5OS. The van der Waals surface area contributed by atoms with Crippen molar-refractivity contribution in [1.82, 2.24) is 4.98 Å². The monoisotopic (exact) mass is 401 g/mol. The van der Waals surface area contributed by atoms with E-state index in [9.17, 15) is 10.1 Å². The Morgan fingerprint density at radius 1 is 1.33 bits per heavy atom. The van der Waals surface area contributed by atoms with Crippen LogP contribution >= 0.6 is 27.7 Å². The van der Waals surface area contributed by atoms with Crippen LogP contribution in [-0.4, -0.2) is 16.1 Å². The van der Waals surface area contributed by atoms with Gasteiger partial charge in [0, 0.05) is 10.2 Å². The fourth-order valence-electron chi connectivity index (χ4n) is 1.80. The first-order chi connectivity index (χ1) is 11.4. The molecule has 8 heteroatoms. The summed E-state index contributed by atoms with van der Waals surface area (Å²) in [4.78, 5) is 16.4. The van der Waals surface area contributed by atoms with E-state index in [-0.39, 0.29) is 22.9 Å². The van der Waals surface area contributed by atoms with Crippen molar-refractivity contribution in [2.24, 2.45) is 0 Å². The van der Waals surface area contributed by atoms with E-state index in [1.54, 1.807) is 19.1 Å². The molecule has 0 aliphatic rings. The SMILES string of the molecule is C[C@H](Sc1nc(N)c(C#N)cc1C#N)C(=O)Nc1cccc(Br)c1. The topological polar surface area (TPSA) is 116 Å². The fraction of sp³-hybridized carbons (Fsp3) is 0.125. The molecule has 6 nitrogen and oxygen atoms in total. The Morgan fingerprint density at radius 2 is 2.04 bits per heavy atom. The number of nitriles is 2. The summed E-state index contributed by atoms with van der Waals surface area (Å²) in [7, 11) is 0. The highest BCUT2D eigenvalue weighted by atomic mass is 79.9. The zero-order chi connectivity index (χ0) is 17.7. The summed E-state index contributed by atoms with van der Waals surface area (Å²) in [5, 5.41) is 20.7. The van der Waals surface area contributed by atoms with E-state index < -0.39 is 5.25 Å². The molecule has 120 valence electrons. The van der Waals surface area contributed by atoms with Crippen LogP contribution in [0.3, 0.4) is 0 Å². The number of anilines is 2. The quantitative estimate of drug-likeness (QED) is 0.759. The molecule has 0 saturated carbocycles. The number of aromatic nitrogens is 1. The third-order valence-corrected chi connectivity index (χ3v) is 4.60. The van der Waals surface area contributed by atoms with Gasteiger partial charge in [-0.2, -0.15) is 10.5 Å². The minimum Gasteiger partial charge on any atom is -0.383 e. The Morgan fingerprint density at radius 3 is 2.67 bits per heavy atom. The molecule has 2 rings (SSSR count). The van der Waals surface area contributed by atoms with Gasteiger partial charge in [-0.25, -0.2) is 4.98 Å². The average molecular weight is 402 g/mol. The summed E-state index contributed by atoms with van der Waals surface area (Å²) in [6.07, 6.45) is 0. The molecule has 24 heavy (non-hydrogen) atoms. The summed E-state index contributed by atoms with van der Waals surface area (Å²) in [5.74, 6) is -0.190. The molecule has 1 aromatic heterocycles. The van der Waals surface area contributed by atoms with Crippen LogP contribution in [0.1, 0.15) is 18.1 Å². The van der Waals surface area contributed by atoms with E-state index >= 15 is 0 Å². The maximum atomic E-state index is 12.3. The number of halogens is 1. The largest absolute Gasteiger partial charge is 0.383 e. The molecule has 3 N–H and O–H groups in total. The molecule has 0 fully saturated rings. The Balaban J connectivity index is 2.16. The van der Waals surface area contributed by atoms with E-state index in [1.807, 2.05) is 24.3 Å². The van der Waals surface area contributed by atoms with E-state index in [4.69, 9.17) is 11.0 Å². The molecule has 0 unspecified atom stereocenters. The van der Waals surface area contributed by atoms with Gasteiger partial charge in [0.2, 0.25) is 5.91 Å². The summed E-state index contributed by atoms with van der Waals surface area (Å²) in [5.41, 5.74) is 6.70. The Hall–Kier alpha value is -2.55. The van der Waals surface area contributed by atoms with Crippen LogP contribution in [0.5, 0.6) is 0 Å². The first-order valence-electron chi connectivity index (χ1n) is 6.78. The van der Waals surface area contributed by atoms with Crippen LogP contribution in [0.4, 0.5) is 11.5 Å². The number of carbonyl (C=O) groups is 1. The lowest BCUT2D eigenvalue weighted by Gasteiger charge is -2.13. The standard InChI is InChI=1S/C16H12BrN5OS/c1-9(15(23)21-13-4-2-3-12(17)6-13)24-16-11(8-19)5-10(7-18)14(20)22-16/h2-6,9H,1H3,(H2,20,22)(H,21,23)/t9-/m0/s1. The minimum absolute atomic E-state index is 0.0404. The van der Waals surface area contributed by atoms with Gasteiger partial charge in [-0.3, -0.25) is 4.79 Å². The van der Waals surface area contributed by atoms with Gasteiger partial charge in [-0.1, -0.05) is 33.8 Å². The number of hydrogen-bond donors (Lipinski definition) is 2. The number of nitrogen functional groups attached to an aromatic ring is 1. The Bertz CT molecular complexity index is 872. The second-order valence-electron chi connectivity index (χ2n) is 4.76. The Labute approximate surface area is 151 Å². The maximum Gasteiger partial charge on any atom is 0.237 e. The van der Waals surface area contributed by atoms with Gasteiger partial charge in [0.25, 0.3) is 0 Å². The molecule has 0 aliphatic carbocycles. The zero-order valence-corrected chi connectivity index (χ0v) is 15.0. The fourth-order valence-corrected chi connectivity index (χ4v) is 3.08. The predicted molar refractivity (Wildman–Crippen MR) is 96.2 cm³/mol. The number of rotatable bonds is 4. The number of nitrogens with one attached hydrogen (secondary N) is 1. The van der Waals surface area contributed by atoms with Crippen molar-refractivity contribution in [1.29, 1.82) is 10.5 Å². The second-order valence-corrected chi connectivity index (χ2v) is 7.00. The van der Waals surface area contributed by atoms with Crippen molar-refractivity contribution in [3.8, 4) is 12.1 Å². The minimum atomic E-state index is -0.504. The predicted octanol–water partition coefficient (Wildman–Crippen LogP) is 3.29. The summed E-state index contributed by atoms with van der Waals surface area (Å²) < 4.78 is 0.855. The van der Waals surface area contributed by atoms with Gasteiger partial charge in [0.1, 0.15) is 23.0 Å². The van der Waals surface area contributed by atoms with Crippen LogP contribution in [-0.2, 0) is 4.79 Å². The lowest BCUT2D eigenvalue weighted by molar-refractivity contribution is -0.115. The van der Waals surface area contributed by atoms with Crippen LogP contribution in [0.15, 0.2) is 39.8 Å². The summed E-state index contributed by atoms with van der Waals surface area (Å²) in [6.45, 7) is 1.70. The third-order valence-electron chi connectivity index (χ3n) is 3.01. The first kappa shape index (κ1) is 17.8. The van der Waals surface area contributed by atoms with E-state index in [2.05, 4.69) is 26.2 Å². The number of thioether (sulfide) groups is 1. The molecular weight excluding hydrogens is 390 g/mol. The van der Waals surface area contributed by atoms with Gasteiger partial charge in [-0.05, 0) is 31.2 Å². The number of nitrogens with zero attached hydrogens (tertiary/aromatic N) is 3. The summed E-state index contributed by atoms with van der Waals surface area (Å²) >= 11 is 4.45. The third kappa shape index (κ3) is 4.25. The lowest BCUT2D eigenvalue weighted by atomic mass is 10.2. The molecule has 0 saturated heterocycles. The summed E-state index contributed by atoms with van der Waals surface area (Å²) in [6, 6.07) is 12.5. The number of amides is 1. The van der Waals surface area contributed by atoms with Crippen LogP contribution in [0.2, 0.25) is 0 Å².